The fraction of sp³-hybridized carbons (Fsp3) is 0.483. The number of benzene rings is 2. The van der Waals surface area contributed by atoms with E-state index >= 15 is 0 Å². The van der Waals surface area contributed by atoms with Crippen LogP contribution in [0.3, 0.4) is 0 Å². The van der Waals surface area contributed by atoms with Crippen molar-refractivity contribution in [2.45, 2.75) is 71.0 Å². The lowest BCUT2D eigenvalue weighted by atomic mass is 9.91. The van der Waals surface area contributed by atoms with E-state index in [0.717, 1.165) is 36.3 Å². The normalized spacial score (nSPS) is 21.4. The lowest BCUT2D eigenvalue weighted by Gasteiger charge is -2.50. The summed E-state index contributed by atoms with van der Waals surface area (Å²) >= 11 is 0. The first-order chi connectivity index (χ1) is 17.9. The average molecular weight is 505 g/mol. The van der Waals surface area contributed by atoms with Crippen molar-refractivity contribution in [1.82, 2.24) is 20.2 Å². The fourth-order valence-corrected chi connectivity index (χ4v) is 5.55. The van der Waals surface area contributed by atoms with Gasteiger partial charge in [-0.05, 0) is 55.4 Å². The number of amides is 3. The molecule has 37 heavy (non-hydrogen) atoms. The van der Waals surface area contributed by atoms with Crippen LogP contribution in [0.25, 0.3) is 0 Å². The van der Waals surface area contributed by atoms with Crippen LogP contribution in [0.2, 0.25) is 0 Å². The predicted molar refractivity (Wildman–Crippen MR) is 148 cm³/mol. The van der Waals surface area contributed by atoms with E-state index in [1.807, 2.05) is 67.1 Å². The van der Waals surface area contributed by atoms with Crippen molar-refractivity contribution in [1.29, 1.82) is 0 Å². The number of anilines is 1. The number of carbonyl (C=O) groups is 2. The highest BCUT2D eigenvalue weighted by Crippen LogP contribution is 2.40. The van der Waals surface area contributed by atoms with E-state index in [2.05, 4.69) is 23.6 Å². The van der Waals surface area contributed by atoms with Gasteiger partial charge < -0.3 is 5.73 Å². The Balaban J connectivity index is 1.63. The first-order valence-corrected chi connectivity index (χ1v) is 13.6. The number of hydrogen-bond donors (Lipinski definition) is 2. The van der Waals surface area contributed by atoms with Crippen LogP contribution in [-0.4, -0.2) is 63.9 Å². The van der Waals surface area contributed by atoms with E-state index in [0.29, 0.717) is 38.9 Å². The largest absolute Gasteiger partial charge is 0.399 e. The number of hydrazine groups is 1. The summed E-state index contributed by atoms with van der Waals surface area (Å²) in [4.78, 5) is 36.1. The maximum atomic E-state index is 13.9. The molecule has 0 spiro atoms. The summed E-state index contributed by atoms with van der Waals surface area (Å²) in [5.41, 5.74) is 11.5. The summed E-state index contributed by atoms with van der Waals surface area (Å²) < 4.78 is 0. The number of amidine groups is 1. The fourth-order valence-electron chi connectivity index (χ4n) is 5.55. The van der Waals surface area contributed by atoms with E-state index in [1.165, 1.54) is 10.5 Å². The molecule has 4 rings (SSSR count). The molecule has 0 bridgehead atoms. The molecule has 2 aromatic carbocycles. The second-order valence-corrected chi connectivity index (χ2v) is 9.83. The number of nitrogen functional groups attached to an aromatic ring is 1. The van der Waals surface area contributed by atoms with Gasteiger partial charge in [0.2, 0.25) is 0 Å². The molecule has 2 aromatic rings. The molecule has 2 heterocycles. The first kappa shape index (κ1) is 26.7. The third-order valence-corrected chi connectivity index (χ3v) is 7.28. The van der Waals surface area contributed by atoms with Crippen molar-refractivity contribution in [3.8, 4) is 0 Å². The van der Waals surface area contributed by atoms with Gasteiger partial charge in [-0.1, -0.05) is 63.2 Å². The molecule has 2 aliphatic rings. The summed E-state index contributed by atoms with van der Waals surface area (Å²) in [6.45, 7) is 7.64. The number of aryl methyl sites for hydroxylation is 1. The number of imide groups is 1. The number of aliphatic imine (C=N–C) groups is 1. The van der Waals surface area contributed by atoms with Crippen molar-refractivity contribution in [2.75, 3.05) is 25.4 Å². The van der Waals surface area contributed by atoms with E-state index in [-0.39, 0.29) is 11.9 Å². The number of hydrogen-bond acceptors (Lipinski definition) is 6. The zero-order valence-corrected chi connectivity index (χ0v) is 22.3. The monoisotopic (exact) mass is 504 g/mol. The van der Waals surface area contributed by atoms with Gasteiger partial charge in [0.15, 0.2) is 11.7 Å². The zero-order valence-electron chi connectivity index (χ0n) is 22.3. The minimum atomic E-state index is -0.929. The maximum Gasteiger partial charge on any atom is 0.328 e. The molecule has 1 fully saturated rings. The molecule has 2 atom stereocenters. The average Bonchev–Trinajstić information content (AvgIpc) is 3.21. The molecule has 0 radical (unpaired) electrons. The van der Waals surface area contributed by atoms with Crippen LogP contribution < -0.4 is 11.2 Å². The minimum absolute atomic E-state index is 0.169. The Morgan fingerprint density at radius 2 is 1.73 bits per heavy atom. The Hall–Kier alpha value is -3.39. The lowest BCUT2D eigenvalue weighted by molar-refractivity contribution is -0.144. The van der Waals surface area contributed by atoms with Gasteiger partial charge in [-0.3, -0.25) is 19.6 Å². The van der Waals surface area contributed by atoms with Crippen molar-refractivity contribution in [3.63, 3.8) is 0 Å². The molecule has 198 valence electrons. The number of nitrogens with one attached hydrogen (secondary N) is 1. The molecular formula is C29H40N6O2. The molecule has 0 saturated carbocycles. The van der Waals surface area contributed by atoms with Crippen LogP contribution in [-0.2, 0) is 17.6 Å². The number of urea groups is 1. The number of carbonyl (C=O) groups excluding carboxylic acids is 2. The molecule has 0 aliphatic carbocycles. The quantitative estimate of drug-likeness (QED) is 0.333. The summed E-state index contributed by atoms with van der Waals surface area (Å²) in [6.07, 6.45) is 4.48. The maximum absolute atomic E-state index is 13.9. The van der Waals surface area contributed by atoms with E-state index in [4.69, 9.17) is 10.7 Å². The number of rotatable bonds is 12. The molecule has 8 heteroatoms. The highest BCUT2D eigenvalue weighted by Gasteiger charge is 2.61. The predicted octanol–water partition coefficient (Wildman–Crippen LogP) is 4.22. The topological polar surface area (TPSA) is 94.3 Å². The second kappa shape index (κ2) is 11.8. The summed E-state index contributed by atoms with van der Waals surface area (Å²) in [7, 11) is 0. The van der Waals surface area contributed by atoms with Gasteiger partial charge in [0, 0.05) is 31.7 Å². The van der Waals surface area contributed by atoms with Crippen LogP contribution in [0.5, 0.6) is 0 Å². The molecule has 3 amide bonds. The van der Waals surface area contributed by atoms with Crippen LogP contribution in [0, 0.1) is 0 Å². The number of nitrogens with two attached hydrogens (primary N) is 1. The molecule has 1 saturated heterocycles. The zero-order chi connectivity index (χ0) is 26.4. The van der Waals surface area contributed by atoms with Crippen LogP contribution in [0.4, 0.5) is 10.5 Å². The summed E-state index contributed by atoms with van der Waals surface area (Å²) in [5, 5.41) is 1.94. The molecule has 8 nitrogen and oxygen atoms in total. The van der Waals surface area contributed by atoms with Crippen molar-refractivity contribution >= 4 is 23.5 Å². The Morgan fingerprint density at radius 1 is 0.973 bits per heavy atom. The Kier molecular flexibility index (Phi) is 8.48. The van der Waals surface area contributed by atoms with Crippen molar-refractivity contribution < 1.29 is 9.59 Å². The van der Waals surface area contributed by atoms with Crippen molar-refractivity contribution in [3.05, 3.63) is 65.7 Å². The van der Waals surface area contributed by atoms with Gasteiger partial charge in [0.25, 0.3) is 5.91 Å². The van der Waals surface area contributed by atoms with Gasteiger partial charge >= 0.3 is 6.03 Å². The molecular weight excluding hydrogens is 464 g/mol. The van der Waals surface area contributed by atoms with Crippen LogP contribution in [0.1, 0.15) is 57.6 Å². The highest BCUT2D eigenvalue weighted by atomic mass is 16.2. The van der Waals surface area contributed by atoms with Gasteiger partial charge in [-0.2, -0.15) is 0 Å². The smallest absolute Gasteiger partial charge is 0.328 e. The number of unbranched alkanes of at least 4 members (excludes halogenated alkanes) is 1. The van der Waals surface area contributed by atoms with Crippen LogP contribution in [0.15, 0.2) is 59.6 Å². The van der Waals surface area contributed by atoms with Gasteiger partial charge in [-0.15, -0.1) is 0 Å². The molecule has 3 N–H and O–H groups in total. The molecule has 0 aromatic heterocycles. The van der Waals surface area contributed by atoms with E-state index in [1.54, 1.807) is 0 Å². The molecule has 2 aliphatic heterocycles. The third kappa shape index (κ3) is 5.34. The summed E-state index contributed by atoms with van der Waals surface area (Å²) in [5.74, 6) is 0.627. The first-order valence-electron chi connectivity index (χ1n) is 13.6. The van der Waals surface area contributed by atoms with Gasteiger partial charge in [-0.25, -0.2) is 15.2 Å². The Labute approximate surface area is 220 Å². The van der Waals surface area contributed by atoms with Gasteiger partial charge in [0.1, 0.15) is 5.84 Å². The van der Waals surface area contributed by atoms with E-state index < -0.39 is 11.7 Å². The Morgan fingerprint density at radius 3 is 2.41 bits per heavy atom. The van der Waals surface area contributed by atoms with Crippen molar-refractivity contribution in [2.24, 2.45) is 4.99 Å². The van der Waals surface area contributed by atoms with Crippen LogP contribution >= 0.6 is 0 Å². The van der Waals surface area contributed by atoms with Gasteiger partial charge in [0.05, 0.1) is 0 Å². The minimum Gasteiger partial charge on any atom is -0.399 e. The third-order valence-electron chi connectivity index (χ3n) is 7.28. The number of nitrogens with zero attached hydrogens (tertiary/aromatic N) is 4. The summed E-state index contributed by atoms with van der Waals surface area (Å²) in [6, 6.07) is 17.3. The second-order valence-electron chi connectivity index (χ2n) is 9.83. The number of fused-ring (bicyclic) bond motifs is 1. The lowest BCUT2D eigenvalue weighted by Crippen LogP contribution is -2.73. The van der Waals surface area contributed by atoms with E-state index in [9.17, 15) is 9.59 Å². The highest BCUT2D eigenvalue weighted by molar-refractivity contribution is 6.05. The SMILES string of the molecule is CCCN1C(=O)C2N(NCC)C(Cc3ccccc3)=NC2(CC)N(CCCCc2cccc(N)c2)C1=O. The molecule has 2 unspecified atom stereocenters. The Bertz CT molecular complexity index is 1120. The standard InChI is InChI=1S/C29H40N6O2/c1-4-18-33-27(36)26-29(5-2,32-25(35(26)31-6-3)21-23-13-8-7-9-14-23)34(28(33)37)19-11-10-15-22-16-12-17-24(30)20-22/h7-9,12-14,16-17,20,26,31H,4-6,10-11,15,18-19,21,30H2,1-3H3.